The van der Waals surface area contributed by atoms with E-state index in [4.69, 9.17) is 15.2 Å². The average molecular weight is 494 g/mol. The van der Waals surface area contributed by atoms with Gasteiger partial charge in [0.05, 0.1) is 7.11 Å². The minimum absolute atomic E-state index is 0.182. The van der Waals surface area contributed by atoms with E-state index >= 15 is 0 Å². The van der Waals surface area contributed by atoms with Gasteiger partial charge in [0.1, 0.15) is 29.9 Å². The van der Waals surface area contributed by atoms with E-state index in [1.165, 1.54) is 15.0 Å². The van der Waals surface area contributed by atoms with Crippen LogP contribution in [0, 0.1) is 0 Å². The summed E-state index contributed by atoms with van der Waals surface area (Å²) in [5.74, 6) is 1.54. The third kappa shape index (κ3) is 5.00. The summed E-state index contributed by atoms with van der Waals surface area (Å²) in [4.78, 5) is 18.3. The van der Waals surface area contributed by atoms with Crippen LogP contribution in [0.1, 0.15) is 41.0 Å². The van der Waals surface area contributed by atoms with Crippen LogP contribution in [-0.2, 0) is 0 Å². The molecule has 7 nitrogen and oxygen atoms in total. The van der Waals surface area contributed by atoms with Gasteiger partial charge < -0.3 is 25.3 Å². The Hall–Kier alpha value is -3.07. The minimum Gasteiger partial charge on any atom is -0.497 e. The highest BCUT2D eigenvalue weighted by Gasteiger charge is 2.29. The lowest BCUT2D eigenvalue weighted by molar-refractivity contribution is 0.0408. The maximum absolute atomic E-state index is 11.5. The number of β-amino-alcohol motifs (C(OH)–C–C–N with tert-alkyl or cyclic N) is 1. The Labute approximate surface area is 208 Å². The maximum atomic E-state index is 11.5. The summed E-state index contributed by atoms with van der Waals surface area (Å²) in [5, 5.41) is 12.8. The van der Waals surface area contributed by atoms with Gasteiger partial charge in [-0.25, -0.2) is 0 Å². The number of carbonyl (C=O) groups is 1. The van der Waals surface area contributed by atoms with Crippen molar-refractivity contribution >= 4 is 38.2 Å². The van der Waals surface area contributed by atoms with Gasteiger partial charge in [-0.1, -0.05) is 6.07 Å². The normalized spacial score (nSPS) is 19.7. The number of nitrogens with two attached hydrogens (primary N) is 1. The second-order valence-electron chi connectivity index (χ2n) is 9.35. The van der Waals surface area contributed by atoms with Gasteiger partial charge in [0.2, 0.25) is 0 Å². The van der Waals surface area contributed by atoms with E-state index in [1.54, 1.807) is 13.2 Å². The van der Waals surface area contributed by atoms with E-state index in [9.17, 15) is 9.90 Å². The molecule has 2 aromatic heterocycles. The predicted molar refractivity (Wildman–Crippen MR) is 140 cm³/mol. The number of amides is 1. The molecule has 35 heavy (non-hydrogen) atoms. The van der Waals surface area contributed by atoms with E-state index in [0.29, 0.717) is 29.9 Å². The molecule has 1 aliphatic heterocycles. The quantitative estimate of drug-likeness (QED) is 0.336. The highest BCUT2D eigenvalue weighted by Crippen LogP contribution is 2.39. The first kappa shape index (κ1) is 23.7. The number of hydrogen-bond acceptors (Lipinski definition) is 6. The number of aliphatic hydroxyl groups excluding tert-OH is 1. The van der Waals surface area contributed by atoms with Crippen molar-refractivity contribution < 1.29 is 19.4 Å². The van der Waals surface area contributed by atoms with E-state index < -0.39 is 12.0 Å². The molecule has 1 saturated heterocycles. The van der Waals surface area contributed by atoms with Gasteiger partial charge >= 0.3 is 0 Å². The largest absolute Gasteiger partial charge is 0.497 e. The number of benzene rings is 2. The Kier molecular flexibility index (Phi) is 6.69. The Morgan fingerprint density at radius 1 is 1.29 bits per heavy atom. The monoisotopic (exact) mass is 493 g/mol. The zero-order valence-corrected chi connectivity index (χ0v) is 20.8. The number of aromatic amines is 1. The minimum atomic E-state index is -0.615. The fourth-order valence-electron chi connectivity index (χ4n) is 5.01. The van der Waals surface area contributed by atoms with Crippen molar-refractivity contribution in [2.24, 2.45) is 5.73 Å². The van der Waals surface area contributed by atoms with Crippen LogP contribution in [0.3, 0.4) is 0 Å². The number of hydrogen-bond donors (Lipinski definition) is 3. The smallest absolute Gasteiger partial charge is 0.265 e. The second kappa shape index (κ2) is 9.89. The van der Waals surface area contributed by atoms with Crippen LogP contribution >= 0.6 is 11.3 Å². The molecule has 1 unspecified atom stereocenters. The number of rotatable bonds is 8. The maximum Gasteiger partial charge on any atom is 0.265 e. The molecule has 184 valence electrons. The number of likely N-dealkylation sites (tertiary alicyclic amines) is 1. The summed E-state index contributed by atoms with van der Waals surface area (Å²) in [6.45, 7) is 3.92. The van der Waals surface area contributed by atoms with Gasteiger partial charge in [0.25, 0.3) is 5.91 Å². The van der Waals surface area contributed by atoms with Crippen LogP contribution in [0.2, 0.25) is 0 Å². The summed E-state index contributed by atoms with van der Waals surface area (Å²) in [6.07, 6.45) is 1.52. The molecule has 1 aliphatic rings. The highest BCUT2D eigenvalue weighted by molar-refractivity contribution is 7.19. The Morgan fingerprint density at radius 2 is 2.14 bits per heavy atom. The van der Waals surface area contributed by atoms with Crippen molar-refractivity contribution in [1.82, 2.24) is 9.88 Å². The van der Waals surface area contributed by atoms with Crippen molar-refractivity contribution in [3.05, 3.63) is 59.1 Å². The lowest BCUT2D eigenvalue weighted by atomic mass is 9.90. The topological polar surface area (TPSA) is 101 Å². The first-order valence-electron chi connectivity index (χ1n) is 11.9. The number of aromatic nitrogens is 1. The Morgan fingerprint density at radius 3 is 2.91 bits per heavy atom. The molecular formula is C27H31N3O4S. The lowest BCUT2D eigenvalue weighted by Crippen LogP contribution is -2.45. The second-order valence-corrected chi connectivity index (χ2v) is 10.5. The van der Waals surface area contributed by atoms with E-state index in [0.717, 1.165) is 36.0 Å². The van der Waals surface area contributed by atoms with Crippen LogP contribution in [0.5, 0.6) is 11.5 Å². The molecule has 0 spiro atoms. The number of piperidine rings is 1. The number of primary amides is 1. The lowest BCUT2D eigenvalue weighted by Gasteiger charge is -2.38. The first-order chi connectivity index (χ1) is 16.9. The standard InChI is InChI=1S/C27H31N3O4S/c1-16-10-18(25-11-17-6-7-20(33-2)12-26(17)35-25)8-9-30(16)14-19(31)15-34-24-5-3-4-22-21(24)13-23(29-22)27(28)32/h3-7,11-13,16,18-19,29,31H,8-10,14-15H2,1-2H3,(H2,28,32)/t16-,18-,19?/m0/s1. The molecule has 0 aliphatic carbocycles. The van der Waals surface area contributed by atoms with E-state index in [2.05, 4.69) is 35.0 Å². The van der Waals surface area contributed by atoms with Crippen LogP contribution in [0.15, 0.2) is 48.5 Å². The molecule has 0 saturated carbocycles. The summed E-state index contributed by atoms with van der Waals surface area (Å²) in [6, 6.07) is 16.2. The molecule has 1 amide bonds. The fraction of sp³-hybridized carbons (Fsp3) is 0.370. The molecule has 2 aromatic carbocycles. The number of methoxy groups -OCH3 is 1. The molecule has 0 radical (unpaired) electrons. The molecule has 5 rings (SSSR count). The van der Waals surface area contributed by atoms with Gasteiger partial charge in [0.15, 0.2) is 0 Å². The number of ether oxygens (including phenoxy) is 2. The molecule has 4 aromatic rings. The number of fused-ring (bicyclic) bond motifs is 2. The molecule has 3 atom stereocenters. The fourth-order valence-corrected chi connectivity index (χ4v) is 6.25. The number of carbonyl (C=O) groups excluding carboxylic acids is 1. The molecule has 3 heterocycles. The summed E-state index contributed by atoms with van der Waals surface area (Å²) >= 11 is 1.86. The van der Waals surface area contributed by atoms with Crippen LogP contribution < -0.4 is 15.2 Å². The van der Waals surface area contributed by atoms with E-state index in [1.807, 2.05) is 35.6 Å². The highest BCUT2D eigenvalue weighted by atomic mass is 32.1. The van der Waals surface area contributed by atoms with Crippen molar-refractivity contribution in [2.45, 2.75) is 37.8 Å². The van der Waals surface area contributed by atoms with Crippen molar-refractivity contribution in [2.75, 3.05) is 26.8 Å². The molecule has 1 fully saturated rings. The first-order valence-corrected chi connectivity index (χ1v) is 12.8. The van der Waals surface area contributed by atoms with Crippen molar-refractivity contribution in [3.63, 3.8) is 0 Å². The van der Waals surface area contributed by atoms with Gasteiger partial charge in [0, 0.05) is 33.1 Å². The molecular weight excluding hydrogens is 462 g/mol. The SMILES string of the molecule is COc1ccc2cc([C@H]3CCN(CC(O)COc4cccc5[nH]c(C(N)=O)cc45)[C@@H](C)C3)sc2c1. The van der Waals surface area contributed by atoms with Gasteiger partial charge in [-0.05, 0) is 80.1 Å². The van der Waals surface area contributed by atoms with Gasteiger partial charge in [-0.2, -0.15) is 0 Å². The zero-order valence-electron chi connectivity index (χ0n) is 20.0. The van der Waals surface area contributed by atoms with Crippen LogP contribution in [0.4, 0.5) is 0 Å². The third-order valence-electron chi connectivity index (χ3n) is 6.93. The summed E-state index contributed by atoms with van der Waals surface area (Å²) in [5.41, 5.74) is 6.50. The Bertz CT molecular complexity index is 1350. The summed E-state index contributed by atoms with van der Waals surface area (Å²) in [7, 11) is 1.70. The number of H-pyrrole nitrogens is 1. The van der Waals surface area contributed by atoms with Crippen LogP contribution in [0.25, 0.3) is 21.0 Å². The van der Waals surface area contributed by atoms with Crippen molar-refractivity contribution in [1.29, 1.82) is 0 Å². The average Bonchev–Trinajstić information content (AvgIpc) is 3.48. The van der Waals surface area contributed by atoms with Crippen molar-refractivity contribution in [3.8, 4) is 11.5 Å². The third-order valence-corrected chi connectivity index (χ3v) is 8.19. The number of nitrogens with one attached hydrogen (secondary N) is 1. The van der Waals surface area contributed by atoms with Gasteiger partial charge in [-0.3, -0.25) is 9.69 Å². The molecule has 8 heteroatoms. The Balaban J connectivity index is 1.17. The predicted octanol–water partition coefficient (Wildman–Crippen LogP) is 4.50. The molecule has 4 N–H and O–H groups in total. The number of thiophene rings is 1. The number of aliphatic hydroxyl groups is 1. The number of nitrogens with zero attached hydrogens (tertiary/aromatic N) is 1. The summed E-state index contributed by atoms with van der Waals surface area (Å²) < 4.78 is 12.6. The zero-order chi connectivity index (χ0) is 24.5. The molecule has 0 bridgehead atoms. The van der Waals surface area contributed by atoms with E-state index in [-0.39, 0.29) is 6.61 Å². The van der Waals surface area contributed by atoms with Crippen LogP contribution in [-0.4, -0.2) is 59.8 Å². The van der Waals surface area contributed by atoms with Gasteiger partial charge in [-0.15, -0.1) is 11.3 Å².